The standard InChI is InChI=1S/C9H16O3/c1-3-4-5-6-12-9(11)8(2)7-10/h7,10H,3-6H2,1-2H3/b8-7+. The quantitative estimate of drug-likeness (QED) is 0.299. The van der Waals surface area contributed by atoms with Gasteiger partial charge in [0.15, 0.2) is 0 Å². The van der Waals surface area contributed by atoms with Crippen molar-refractivity contribution in [1.29, 1.82) is 0 Å². The van der Waals surface area contributed by atoms with Gasteiger partial charge in [-0.1, -0.05) is 19.8 Å². The van der Waals surface area contributed by atoms with E-state index in [1.54, 1.807) is 0 Å². The fourth-order valence-corrected chi connectivity index (χ4v) is 0.683. The maximum Gasteiger partial charge on any atom is 0.336 e. The number of hydrogen-bond acceptors (Lipinski definition) is 3. The Kier molecular flexibility index (Phi) is 6.15. The largest absolute Gasteiger partial charge is 0.515 e. The zero-order valence-electron chi connectivity index (χ0n) is 7.67. The molecular weight excluding hydrogens is 156 g/mol. The van der Waals surface area contributed by atoms with Crippen LogP contribution in [0.4, 0.5) is 0 Å². The molecule has 0 radical (unpaired) electrons. The topological polar surface area (TPSA) is 46.5 Å². The maximum absolute atomic E-state index is 10.9. The number of carbonyl (C=O) groups excluding carboxylic acids is 1. The zero-order chi connectivity index (χ0) is 9.40. The Morgan fingerprint density at radius 3 is 2.67 bits per heavy atom. The van der Waals surface area contributed by atoms with E-state index in [1.165, 1.54) is 6.92 Å². The Labute approximate surface area is 73.0 Å². The summed E-state index contributed by atoms with van der Waals surface area (Å²) in [5.74, 6) is -0.436. The van der Waals surface area contributed by atoms with Gasteiger partial charge in [-0.2, -0.15) is 0 Å². The first kappa shape index (κ1) is 11.0. The van der Waals surface area contributed by atoms with E-state index in [4.69, 9.17) is 9.84 Å². The summed E-state index contributed by atoms with van der Waals surface area (Å²) in [5, 5.41) is 8.45. The SMILES string of the molecule is CCCCCOC(=O)/C(C)=C/O. The van der Waals surface area contributed by atoms with Gasteiger partial charge in [-0.25, -0.2) is 4.79 Å². The second kappa shape index (κ2) is 6.70. The van der Waals surface area contributed by atoms with E-state index in [0.29, 0.717) is 6.61 Å². The molecule has 0 spiro atoms. The van der Waals surface area contributed by atoms with Crippen molar-refractivity contribution in [2.45, 2.75) is 33.1 Å². The summed E-state index contributed by atoms with van der Waals surface area (Å²) in [6.45, 7) is 4.04. The highest BCUT2D eigenvalue weighted by Gasteiger charge is 2.03. The van der Waals surface area contributed by atoms with Crippen molar-refractivity contribution in [3.63, 3.8) is 0 Å². The number of aliphatic hydroxyl groups excluding tert-OH is 1. The molecule has 0 unspecified atom stereocenters. The lowest BCUT2D eigenvalue weighted by Gasteiger charge is -2.02. The number of carbonyl (C=O) groups is 1. The highest BCUT2D eigenvalue weighted by molar-refractivity contribution is 5.87. The molecule has 3 heteroatoms. The lowest BCUT2D eigenvalue weighted by atomic mass is 10.3. The second-order valence-electron chi connectivity index (χ2n) is 2.66. The Hall–Kier alpha value is -0.990. The normalized spacial score (nSPS) is 11.3. The molecule has 0 atom stereocenters. The van der Waals surface area contributed by atoms with Gasteiger partial charge in [0, 0.05) is 0 Å². The van der Waals surface area contributed by atoms with E-state index in [-0.39, 0.29) is 5.57 Å². The average Bonchev–Trinajstić information content (AvgIpc) is 2.10. The van der Waals surface area contributed by atoms with Crippen LogP contribution in [0.15, 0.2) is 11.8 Å². The molecular formula is C9H16O3. The maximum atomic E-state index is 10.9. The molecule has 0 heterocycles. The van der Waals surface area contributed by atoms with Crippen molar-refractivity contribution in [2.24, 2.45) is 0 Å². The molecule has 0 aromatic heterocycles. The summed E-state index contributed by atoms with van der Waals surface area (Å²) >= 11 is 0. The summed E-state index contributed by atoms with van der Waals surface area (Å²) in [6, 6.07) is 0. The van der Waals surface area contributed by atoms with Crippen molar-refractivity contribution in [3.05, 3.63) is 11.8 Å². The number of unbranched alkanes of at least 4 members (excludes halogenated alkanes) is 2. The summed E-state index contributed by atoms with van der Waals surface area (Å²) in [6.07, 6.45) is 3.82. The molecule has 0 rings (SSSR count). The molecule has 0 aliphatic heterocycles. The minimum absolute atomic E-state index is 0.242. The van der Waals surface area contributed by atoms with Crippen LogP contribution in [0.25, 0.3) is 0 Å². The summed E-state index contributed by atoms with van der Waals surface area (Å²) in [4.78, 5) is 10.9. The number of ether oxygens (including phenoxy) is 1. The van der Waals surface area contributed by atoms with Crippen LogP contribution >= 0.6 is 0 Å². The number of aliphatic hydroxyl groups is 1. The van der Waals surface area contributed by atoms with Gasteiger partial charge >= 0.3 is 5.97 Å². The molecule has 1 N–H and O–H groups in total. The molecule has 70 valence electrons. The van der Waals surface area contributed by atoms with Gasteiger partial charge in [-0.15, -0.1) is 0 Å². The molecule has 3 nitrogen and oxygen atoms in total. The molecule has 0 saturated carbocycles. The number of rotatable bonds is 5. The van der Waals surface area contributed by atoms with Gasteiger partial charge in [0.2, 0.25) is 0 Å². The molecule has 0 fully saturated rings. The van der Waals surface area contributed by atoms with E-state index in [1.807, 2.05) is 0 Å². The first-order valence-corrected chi connectivity index (χ1v) is 4.20. The van der Waals surface area contributed by atoms with Crippen LogP contribution in [-0.4, -0.2) is 17.7 Å². The summed E-state index contributed by atoms with van der Waals surface area (Å²) < 4.78 is 4.83. The first-order valence-electron chi connectivity index (χ1n) is 4.20. The molecule has 0 aliphatic rings. The molecule has 0 bridgehead atoms. The van der Waals surface area contributed by atoms with Crippen LogP contribution in [0.1, 0.15) is 33.1 Å². The highest BCUT2D eigenvalue weighted by atomic mass is 16.5. The minimum atomic E-state index is -0.436. The van der Waals surface area contributed by atoms with Crippen molar-refractivity contribution in [3.8, 4) is 0 Å². The van der Waals surface area contributed by atoms with Gasteiger partial charge in [-0.05, 0) is 13.3 Å². The van der Waals surface area contributed by atoms with Gasteiger partial charge in [-0.3, -0.25) is 0 Å². The van der Waals surface area contributed by atoms with Crippen LogP contribution in [0.5, 0.6) is 0 Å². The molecule has 12 heavy (non-hydrogen) atoms. The molecule has 0 aromatic rings. The van der Waals surface area contributed by atoms with E-state index >= 15 is 0 Å². The van der Waals surface area contributed by atoms with Gasteiger partial charge in [0.05, 0.1) is 18.4 Å². The Bertz CT molecular complexity index is 161. The van der Waals surface area contributed by atoms with Crippen molar-refractivity contribution >= 4 is 5.97 Å². The number of esters is 1. The zero-order valence-corrected chi connectivity index (χ0v) is 7.67. The average molecular weight is 172 g/mol. The summed E-state index contributed by atoms with van der Waals surface area (Å²) in [5.41, 5.74) is 0.242. The van der Waals surface area contributed by atoms with Crippen LogP contribution in [0.3, 0.4) is 0 Å². The van der Waals surface area contributed by atoms with Crippen molar-refractivity contribution in [1.82, 2.24) is 0 Å². The van der Waals surface area contributed by atoms with Gasteiger partial charge in [0.25, 0.3) is 0 Å². The van der Waals surface area contributed by atoms with Crippen LogP contribution in [-0.2, 0) is 9.53 Å². The third-order valence-corrected chi connectivity index (χ3v) is 1.50. The van der Waals surface area contributed by atoms with Crippen LogP contribution < -0.4 is 0 Å². The van der Waals surface area contributed by atoms with Crippen molar-refractivity contribution in [2.75, 3.05) is 6.61 Å². The molecule has 0 saturated heterocycles. The highest BCUT2D eigenvalue weighted by Crippen LogP contribution is 1.98. The minimum Gasteiger partial charge on any atom is -0.515 e. The fourth-order valence-electron chi connectivity index (χ4n) is 0.683. The fraction of sp³-hybridized carbons (Fsp3) is 0.667. The Morgan fingerprint density at radius 1 is 1.50 bits per heavy atom. The monoisotopic (exact) mass is 172 g/mol. The third-order valence-electron chi connectivity index (χ3n) is 1.50. The molecule has 0 aliphatic carbocycles. The smallest absolute Gasteiger partial charge is 0.336 e. The predicted octanol–water partition coefficient (Wildman–Crippen LogP) is 2.18. The van der Waals surface area contributed by atoms with Crippen molar-refractivity contribution < 1.29 is 14.6 Å². The molecule has 0 amide bonds. The lowest BCUT2D eigenvalue weighted by molar-refractivity contribution is -0.139. The first-order chi connectivity index (χ1) is 5.72. The van der Waals surface area contributed by atoms with Gasteiger partial charge < -0.3 is 9.84 Å². The van der Waals surface area contributed by atoms with E-state index in [0.717, 1.165) is 25.5 Å². The summed E-state index contributed by atoms with van der Waals surface area (Å²) in [7, 11) is 0. The van der Waals surface area contributed by atoms with E-state index in [9.17, 15) is 4.79 Å². The third kappa shape index (κ3) is 4.77. The van der Waals surface area contributed by atoms with E-state index in [2.05, 4.69) is 6.92 Å². The molecule has 0 aromatic carbocycles. The van der Waals surface area contributed by atoms with Gasteiger partial charge in [0.1, 0.15) is 0 Å². The lowest BCUT2D eigenvalue weighted by Crippen LogP contribution is -2.06. The Morgan fingerprint density at radius 2 is 2.17 bits per heavy atom. The van der Waals surface area contributed by atoms with Crippen LogP contribution in [0, 0.1) is 0 Å². The number of hydrogen-bond donors (Lipinski definition) is 1. The predicted molar refractivity (Wildman–Crippen MR) is 46.9 cm³/mol. The Balaban J connectivity index is 3.45. The second-order valence-corrected chi connectivity index (χ2v) is 2.66. The van der Waals surface area contributed by atoms with E-state index < -0.39 is 5.97 Å². The van der Waals surface area contributed by atoms with Crippen LogP contribution in [0.2, 0.25) is 0 Å².